The lowest BCUT2D eigenvalue weighted by atomic mass is 9.89. The van der Waals surface area contributed by atoms with Crippen LogP contribution in [0.25, 0.3) is 0 Å². The average molecular weight is 293 g/mol. The monoisotopic (exact) mass is 293 g/mol. The molecule has 0 saturated carbocycles. The van der Waals surface area contributed by atoms with Crippen LogP contribution < -0.4 is 15.5 Å². The molecule has 1 fully saturated rings. The van der Waals surface area contributed by atoms with Crippen molar-refractivity contribution in [2.75, 3.05) is 37.4 Å². The molecule has 1 unspecified atom stereocenters. The summed E-state index contributed by atoms with van der Waals surface area (Å²) in [4.78, 5) is 28.8. The third-order valence-electron chi connectivity index (χ3n) is 3.86. The topological polar surface area (TPSA) is 100 Å². The second-order valence-electron chi connectivity index (χ2n) is 5.36. The van der Waals surface area contributed by atoms with E-state index >= 15 is 0 Å². The quantitative estimate of drug-likeness (QED) is 0.634. The zero-order valence-corrected chi connectivity index (χ0v) is 12.3. The van der Waals surface area contributed by atoms with Crippen LogP contribution in [-0.4, -0.2) is 43.0 Å². The van der Waals surface area contributed by atoms with E-state index in [1.54, 1.807) is 25.1 Å². The van der Waals surface area contributed by atoms with E-state index in [4.69, 9.17) is 0 Å². The van der Waals surface area contributed by atoms with E-state index in [1.165, 1.54) is 6.07 Å². The van der Waals surface area contributed by atoms with Gasteiger partial charge in [0, 0.05) is 33.3 Å². The SMILES string of the molecule is CNC(=O)C1(C)CCN(c2nc(NC)ccc2[N+](=O)[O-])C1. The summed E-state index contributed by atoms with van der Waals surface area (Å²) in [7, 11) is 3.30. The molecule has 0 spiro atoms. The molecule has 1 amide bonds. The molecule has 1 aliphatic heterocycles. The predicted octanol–water partition coefficient (Wildman–Crippen LogP) is 0.994. The number of nitrogens with zero attached hydrogens (tertiary/aromatic N) is 3. The number of carbonyl (C=O) groups excluding carboxylic acids is 1. The summed E-state index contributed by atoms with van der Waals surface area (Å²) in [6.07, 6.45) is 0.634. The standard InChI is InChI=1S/C13H19N5O3/c1-13(12(19)15-3)6-7-17(8-13)11-9(18(20)21)4-5-10(14-2)16-11/h4-5H,6-8H2,1-3H3,(H,14,16)(H,15,19). The van der Waals surface area contributed by atoms with Crippen LogP contribution in [0.2, 0.25) is 0 Å². The maximum Gasteiger partial charge on any atom is 0.311 e. The third kappa shape index (κ3) is 2.74. The van der Waals surface area contributed by atoms with E-state index in [9.17, 15) is 14.9 Å². The Balaban J connectivity index is 2.34. The predicted molar refractivity (Wildman–Crippen MR) is 79.4 cm³/mol. The fraction of sp³-hybridized carbons (Fsp3) is 0.538. The minimum atomic E-state index is -0.556. The lowest BCUT2D eigenvalue weighted by Gasteiger charge is -2.23. The van der Waals surface area contributed by atoms with Crippen LogP contribution in [-0.2, 0) is 4.79 Å². The van der Waals surface area contributed by atoms with Gasteiger partial charge in [0.1, 0.15) is 5.82 Å². The molecule has 1 saturated heterocycles. The molecule has 0 radical (unpaired) electrons. The Morgan fingerprint density at radius 1 is 1.48 bits per heavy atom. The van der Waals surface area contributed by atoms with E-state index < -0.39 is 10.3 Å². The van der Waals surface area contributed by atoms with Gasteiger partial charge in [0.05, 0.1) is 10.3 Å². The normalized spacial score (nSPS) is 21.2. The fourth-order valence-electron chi connectivity index (χ4n) is 2.58. The molecular formula is C13H19N5O3. The minimum Gasteiger partial charge on any atom is -0.373 e. The number of hydrogen-bond donors (Lipinski definition) is 2. The van der Waals surface area contributed by atoms with E-state index in [0.29, 0.717) is 31.1 Å². The lowest BCUT2D eigenvalue weighted by Crippen LogP contribution is -2.39. The van der Waals surface area contributed by atoms with Crippen molar-refractivity contribution in [1.82, 2.24) is 10.3 Å². The van der Waals surface area contributed by atoms with E-state index in [1.807, 2.05) is 6.92 Å². The number of hydrogen-bond acceptors (Lipinski definition) is 6. The minimum absolute atomic E-state index is 0.0462. The van der Waals surface area contributed by atoms with Crippen molar-refractivity contribution in [2.24, 2.45) is 5.41 Å². The van der Waals surface area contributed by atoms with Crippen molar-refractivity contribution >= 4 is 23.2 Å². The van der Waals surface area contributed by atoms with Gasteiger partial charge in [-0.15, -0.1) is 0 Å². The van der Waals surface area contributed by atoms with Gasteiger partial charge in [-0.3, -0.25) is 14.9 Å². The summed E-state index contributed by atoms with van der Waals surface area (Å²) in [6.45, 7) is 2.83. The van der Waals surface area contributed by atoms with Gasteiger partial charge in [0.2, 0.25) is 11.7 Å². The molecule has 0 aliphatic carbocycles. The second-order valence-corrected chi connectivity index (χ2v) is 5.36. The van der Waals surface area contributed by atoms with E-state index in [0.717, 1.165) is 0 Å². The molecule has 2 rings (SSSR count). The highest BCUT2D eigenvalue weighted by Crippen LogP contribution is 2.36. The first-order valence-corrected chi connectivity index (χ1v) is 6.71. The first-order chi connectivity index (χ1) is 9.91. The molecule has 21 heavy (non-hydrogen) atoms. The average Bonchev–Trinajstić information content (AvgIpc) is 2.89. The third-order valence-corrected chi connectivity index (χ3v) is 3.86. The molecule has 2 heterocycles. The summed E-state index contributed by atoms with van der Waals surface area (Å²) < 4.78 is 0. The van der Waals surface area contributed by atoms with E-state index in [-0.39, 0.29) is 11.6 Å². The van der Waals surface area contributed by atoms with Crippen LogP contribution in [0.4, 0.5) is 17.3 Å². The summed E-state index contributed by atoms with van der Waals surface area (Å²) in [5, 5.41) is 16.7. The van der Waals surface area contributed by atoms with Crippen molar-refractivity contribution in [3.63, 3.8) is 0 Å². The summed E-state index contributed by atoms with van der Waals surface area (Å²) in [5.41, 5.74) is -0.602. The molecular weight excluding hydrogens is 274 g/mol. The summed E-state index contributed by atoms with van der Waals surface area (Å²) in [6, 6.07) is 3.00. The van der Waals surface area contributed by atoms with Gasteiger partial charge in [-0.25, -0.2) is 4.98 Å². The van der Waals surface area contributed by atoms with E-state index in [2.05, 4.69) is 15.6 Å². The first kappa shape index (κ1) is 15.0. The van der Waals surface area contributed by atoms with Crippen LogP contribution in [0.5, 0.6) is 0 Å². The second kappa shape index (κ2) is 5.55. The Kier molecular flexibility index (Phi) is 3.97. The highest BCUT2D eigenvalue weighted by atomic mass is 16.6. The molecule has 1 aromatic rings. The number of nitrogens with one attached hydrogen (secondary N) is 2. The summed E-state index contributed by atoms with van der Waals surface area (Å²) in [5.74, 6) is 0.807. The number of anilines is 2. The molecule has 114 valence electrons. The van der Waals surface area contributed by atoms with Crippen molar-refractivity contribution < 1.29 is 9.72 Å². The van der Waals surface area contributed by atoms with Crippen LogP contribution in [0.3, 0.4) is 0 Å². The van der Waals surface area contributed by atoms with Gasteiger partial charge >= 0.3 is 5.69 Å². The van der Waals surface area contributed by atoms with Crippen molar-refractivity contribution in [1.29, 1.82) is 0 Å². The Morgan fingerprint density at radius 3 is 2.76 bits per heavy atom. The zero-order chi connectivity index (χ0) is 15.6. The molecule has 8 heteroatoms. The fourth-order valence-corrected chi connectivity index (χ4v) is 2.58. The molecule has 1 aliphatic rings. The van der Waals surface area contributed by atoms with Gasteiger partial charge in [0.25, 0.3) is 0 Å². The number of pyridine rings is 1. The maximum absolute atomic E-state index is 12.0. The largest absolute Gasteiger partial charge is 0.373 e. The number of carbonyl (C=O) groups is 1. The van der Waals surface area contributed by atoms with Crippen LogP contribution in [0.15, 0.2) is 12.1 Å². The lowest BCUT2D eigenvalue weighted by molar-refractivity contribution is -0.384. The zero-order valence-electron chi connectivity index (χ0n) is 12.3. The van der Waals surface area contributed by atoms with Crippen molar-refractivity contribution in [2.45, 2.75) is 13.3 Å². The highest BCUT2D eigenvalue weighted by molar-refractivity contribution is 5.83. The number of aromatic nitrogens is 1. The first-order valence-electron chi connectivity index (χ1n) is 6.71. The van der Waals surface area contributed by atoms with Crippen LogP contribution in [0.1, 0.15) is 13.3 Å². The Morgan fingerprint density at radius 2 is 2.19 bits per heavy atom. The van der Waals surface area contributed by atoms with Crippen LogP contribution >= 0.6 is 0 Å². The smallest absolute Gasteiger partial charge is 0.311 e. The molecule has 1 aromatic heterocycles. The van der Waals surface area contributed by atoms with Crippen molar-refractivity contribution in [3.8, 4) is 0 Å². The Labute approximate surface area is 122 Å². The maximum atomic E-state index is 12.0. The number of nitro groups is 1. The summed E-state index contributed by atoms with van der Waals surface area (Å²) >= 11 is 0. The van der Waals surface area contributed by atoms with Gasteiger partial charge in [-0.1, -0.05) is 0 Å². The Hall–Kier alpha value is -2.38. The molecule has 0 bridgehead atoms. The molecule has 2 N–H and O–H groups in total. The van der Waals surface area contributed by atoms with Gasteiger partial charge in [0.15, 0.2) is 0 Å². The molecule has 1 atom stereocenters. The van der Waals surface area contributed by atoms with Gasteiger partial charge in [-0.2, -0.15) is 0 Å². The Bertz CT molecular complexity index is 577. The number of rotatable bonds is 4. The highest BCUT2D eigenvalue weighted by Gasteiger charge is 2.41. The molecule has 8 nitrogen and oxygen atoms in total. The van der Waals surface area contributed by atoms with Crippen molar-refractivity contribution in [3.05, 3.63) is 22.2 Å². The molecule has 0 aromatic carbocycles. The van der Waals surface area contributed by atoms with Gasteiger partial charge in [-0.05, 0) is 19.4 Å². The number of amides is 1. The van der Waals surface area contributed by atoms with Crippen LogP contribution in [0, 0.1) is 15.5 Å². The van der Waals surface area contributed by atoms with Gasteiger partial charge < -0.3 is 15.5 Å².